The minimum absolute atomic E-state index is 0.118. The minimum Gasteiger partial charge on any atom is -0.494 e. The fourth-order valence-corrected chi connectivity index (χ4v) is 2.21. The molecule has 0 aliphatic carbocycles. The number of anilines is 1. The Morgan fingerprint density at radius 2 is 1.88 bits per heavy atom. The van der Waals surface area contributed by atoms with Crippen LogP contribution < -0.4 is 10.1 Å². The van der Waals surface area contributed by atoms with E-state index in [2.05, 4.69) is 20.5 Å². The van der Waals surface area contributed by atoms with Gasteiger partial charge >= 0.3 is 0 Å². The number of hydrogen-bond acceptors (Lipinski definition) is 6. The van der Waals surface area contributed by atoms with Crippen molar-refractivity contribution in [3.8, 4) is 17.2 Å². The second-order valence-corrected chi connectivity index (χ2v) is 5.24. The Kier molecular flexibility index (Phi) is 5.36. The number of aromatic nitrogens is 3. The lowest BCUT2D eigenvalue weighted by atomic mass is 10.2. The van der Waals surface area contributed by atoms with Crippen molar-refractivity contribution in [1.29, 1.82) is 0 Å². The highest BCUT2D eigenvalue weighted by Crippen LogP contribution is 2.18. The molecule has 1 aromatic carbocycles. The molecule has 3 aromatic rings. The van der Waals surface area contributed by atoms with E-state index in [4.69, 9.17) is 9.15 Å². The van der Waals surface area contributed by atoms with Gasteiger partial charge in [-0.2, -0.15) is 0 Å². The van der Waals surface area contributed by atoms with Gasteiger partial charge in [0.25, 0.3) is 0 Å². The molecule has 0 fully saturated rings. The monoisotopic (exact) mass is 338 g/mol. The van der Waals surface area contributed by atoms with E-state index < -0.39 is 0 Å². The quantitative estimate of drug-likeness (QED) is 0.712. The molecule has 1 amide bonds. The van der Waals surface area contributed by atoms with Gasteiger partial charge in [0.15, 0.2) is 0 Å². The van der Waals surface area contributed by atoms with Gasteiger partial charge < -0.3 is 14.5 Å². The molecule has 0 atom stereocenters. The molecule has 0 aliphatic heterocycles. The number of carbonyl (C=O) groups is 1. The van der Waals surface area contributed by atoms with Gasteiger partial charge in [0.05, 0.1) is 6.61 Å². The molecule has 1 N–H and O–H groups in total. The zero-order chi connectivity index (χ0) is 17.5. The Hall–Kier alpha value is -3.22. The van der Waals surface area contributed by atoms with Gasteiger partial charge in [-0.3, -0.25) is 9.78 Å². The predicted molar refractivity (Wildman–Crippen MR) is 92.1 cm³/mol. The number of hydrogen-bond donors (Lipinski definition) is 1. The summed E-state index contributed by atoms with van der Waals surface area (Å²) in [6.07, 6.45) is 3.94. The summed E-state index contributed by atoms with van der Waals surface area (Å²) in [5.41, 5.74) is 1.52. The minimum atomic E-state index is -0.118. The van der Waals surface area contributed by atoms with Crippen LogP contribution in [0.5, 0.6) is 5.75 Å². The Morgan fingerprint density at radius 3 is 2.60 bits per heavy atom. The molecule has 3 rings (SSSR count). The molecule has 2 aromatic heterocycles. The van der Waals surface area contributed by atoms with Gasteiger partial charge in [-0.25, -0.2) is 0 Å². The summed E-state index contributed by atoms with van der Waals surface area (Å²) < 4.78 is 10.9. The number of carbonyl (C=O) groups excluding carboxylic acids is 1. The van der Waals surface area contributed by atoms with Crippen LogP contribution in [0.4, 0.5) is 5.69 Å². The predicted octanol–water partition coefficient (Wildman–Crippen LogP) is 3.10. The van der Waals surface area contributed by atoms with Crippen LogP contribution in [0, 0.1) is 0 Å². The fraction of sp³-hybridized carbons (Fsp3) is 0.222. The first kappa shape index (κ1) is 16.6. The van der Waals surface area contributed by atoms with Gasteiger partial charge in [-0.1, -0.05) is 0 Å². The molecule has 7 nitrogen and oxygen atoms in total. The first-order valence-corrected chi connectivity index (χ1v) is 8.00. The van der Waals surface area contributed by atoms with Gasteiger partial charge in [-0.15, -0.1) is 10.2 Å². The molecular formula is C18H18N4O3. The smallest absolute Gasteiger partial charge is 0.247 e. The summed E-state index contributed by atoms with van der Waals surface area (Å²) in [7, 11) is 0. The number of amides is 1. The number of rotatable bonds is 7. The third-order valence-corrected chi connectivity index (χ3v) is 3.41. The largest absolute Gasteiger partial charge is 0.494 e. The molecule has 0 radical (unpaired) electrons. The molecule has 0 aliphatic rings. The van der Waals surface area contributed by atoms with Crippen molar-refractivity contribution in [1.82, 2.24) is 15.2 Å². The second-order valence-electron chi connectivity index (χ2n) is 5.24. The zero-order valence-electron chi connectivity index (χ0n) is 13.8. The normalized spacial score (nSPS) is 10.4. The summed E-state index contributed by atoms with van der Waals surface area (Å²) in [5, 5.41) is 10.8. The highest BCUT2D eigenvalue weighted by Gasteiger charge is 2.10. The zero-order valence-corrected chi connectivity index (χ0v) is 13.8. The van der Waals surface area contributed by atoms with Crippen LogP contribution >= 0.6 is 0 Å². The van der Waals surface area contributed by atoms with Crippen molar-refractivity contribution in [3.05, 3.63) is 54.7 Å². The van der Waals surface area contributed by atoms with Crippen LogP contribution in [0.25, 0.3) is 11.5 Å². The SMILES string of the molecule is CCOc1ccc(NC(=O)CCc2nnc(-c3ccncc3)o2)cc1. The summed E-state index contributed by atoms with van der Waals surface area (Å²) in [6.45, 7) is 2.53. The number of ether oxygens (including phenoxy) is 1. The van der Waals surface area contributed by atoms with Gasteiger partial charge in [0, 0.05) is 36.5 Å². The lowest BCUT2D eigenvalue weighted by Crippen LogP contribution is -2.12. The van der Waals surface area contributed by atoms with Crippen molar-refractivity contribution < 1.29 is 13.9 Å². The Morgan fingerprint density at radius 1 is 1.12 bits per heavy atom. The Bertz CT molecular complexity index is 816. The first-order chi connectivity index (χ1) is 12.2. The summed E-state index contributed by atoms with van der Waals surface area (Å²) in [6, 6.07) is 10.8. The van der Waals surface area contributed by atoms with E-state index in [9.17, 15) is 4.79 Å². The van der Waals surface area contributed by atoms with Crippen molar-refractivity contribution in [2.75, 3.05) is 11.9 Å². The van der Waals surface area contributed by atoms with Gasteiger partial charge in [0.1, 0.15) is 5.75 Å². The van der Waals surface area contributed by atoms with Crippen LogP contribution in [0.3, 0.4) is 0 Å². The van der Waals surface area contributed by atoms with Crippen molar-refractivity contribution >= 4 is 11.6 Å². The maximum absolute atomic E-state index is 12.0. The summed E-state index contributed by atoms with van der Waals surface area (Å²) in [4.78, 5) is 16.0. The Labute approximate surface area is 145 Å². The molecule has 0 saturated heterocycles. The summed E-state index contributed by atoms with van der Waals surface area (Å²) in [5.74, 6) is 1.50. The van der Waals surface area contributed by atoms with Crippen LogP contribution in [0.1, 0.15) is 19.2 Å². The third-order valence-electron chi connectivity index (χ3n) is 3.41. The van der Waals surface area contributed by atoms with E-state index in [1.807, 2.05) is 19.1 Å². The molecular weight excluding hydrogens is 320 g/mol. The molecule has 0 unspecified atom stereocenters. The molecule has 2 heterocycles. The van der Waals surface area contributed by atoms with Crippen molar-refractivity contribution in [3.63, 3.8) is 0 Å². The standard InChI is InChI=1S/C18H18N4O3/c1-2-24-15-5-3-14(4-6-15)20-16(23)7-8-17-21-22-18(25-17)13-9-11-19-12-10-13/h3-6,9-12H,2,7-8H2,1H3,(H,20,23). The second kappa shape index (κ2) is 8.05. The van der Waals surface area contributed by atoms with Gasteiger partial charge in [-0.05, 0) is 43.3 Å². The lowest BCUT2D eigenvalue weighted by Gasteiger charge is -2.06. The van der Waals surface area contributed by atoms with Crippen LogP contribution in [-0.4, -0.2) is 27.7 Å². The van der Waals surface area contributed by atoms with E-state index >= 15 is 0 Å². The van der Waals surface area contributed by atoms with E-state index in [1.54, 1.807) is 36.7 Å². The molecule has 0 spiro atoms. The van der Waals surface area contributed by atoms with E-state index in [-0.39, 0.29) is 12.3 Å². The Balaban J connectivity index is 1.51. The van der Waals surface area contributed by atoms with Crippen LogP contribution in [0.15, 0.2) is 53.2 Å². The maximum Gasteiger partial charge on any atom is 0.247 e. The van der Waals surface area contributed by atoms with Gasteiger partial charge in [0.2, 0.25) is 17.7 Å². The maximum atomic E-state index is 12.0. The summed E-state index contributed by atoms with van der Waals surface area (Å²) >= 11 is 0. The van der Waals surface area contributed by atoms with Crippen LogP contribution in [0.2, 0.25) is 0 Å². The van der Waals surface area contributed by atoms with Crippen molar-refractivity contribution in [2.24, 2.45) is 0 Å². The molecule has 7 heteroatoms. The molecule has 0 bridgehead atoms. The molecule has 0 saturated carbocycles. The average molecular weight is 338 g/mol. The molecule has 25 heavy (non-hydrogen) atoms. The fourth-order valence-electron chi connectivity index (χ4n) is 2.21. The van der Waals surface area contributed by atoms with Crippen LogP contribution in [-0.2, 0) is 11.2 Å². The third kappa shape index (κ3) is 4.63. The topological polar surface area (TPSA) is 90.1 Å². The van der Waals surface area contributed by atoms with E-state index in [1.165, 1.54) is 0 Å². The lowest BCUT2D eigenvalue weighted by molar-refractivity contribution is -0.116. The average Bonchev–Trinajstić information content (AvgIpc) is 3.12. The number of nitrogens with one attached hydrogen (secondary N) is 1. The first-order valence-electron chi connectivity index (χ1n) is 8.00. The van der Waals surface area contributed by atoms with E-state index in [0.29, 0.717) is 24.8 Å². The highest BCUT2D eigenvalue weighted by molar-refractivity contribution is 5.90. The van der Waals surface area contributed by atoms with Crippen molar-refractivity contribution in [2.45, 2.75) is 19.8 Å². The highest BCUT2D eigenvalue weighted by atomic mass is 16.5. The number of aryl methyl sites for hydroxylation is 1. The molecule has 128 valence electrons. The number of nitrogens with zero attached hydrogens (tertiary/aromatic N) is 3. The van der Waals surface area contributed by atoms with E-state index in [0.717, 1.165) is 17.0 Å². The number of benzene rings is 1. The number of pyridine rings is 1.